The molecule has 0 aliphatic heterocycles. The second-order valence-electron chi connectivity index (χ2n) is 5.60. The molecule has 0 heterocycles. The van der Waals surface area contributed by atoms with Crippen LogP contribution in [0.15, 0.2) is 48.5 Å². The van der Waals surface area contributed by atoms with Crippen LogP contribution < -0.4 is 10.5 Å². The molecule has 106 valence electrons. The Balaban J connectivity index is 2.29. The molecule has 0 saturated heterocycles. The molecule has 20 heavy (non-hydrogen) atoms. The van der Waals surface area contributed by atoms with Gasteiger partial charge in [-0.3, -0.25) is 0 Å². The van der Waals surface area contributed by atoms with Crippen LogP contribution in [0.1, 0.15) is 23.6 Å². The van der Waals surface area contributed by atoms with Crippen LogP contribution in [0.25, 0.3) is 0 Å². The SMILES string of the molecule is COc1ccc(CC(C)(CN)c2ccccc2C)cc1. The molecular weight excluding hydrogens is 246 g/mol. The van der Waals surface area contributed by atoms with E-state index in [0.717, 1.165) is 12.2 Å². The number of benzene rings is 2. The van der Waals surface area contributed by atoms with E-state index in [-0.39, 0.29) is 5.41 Å². The number of methoxy groups -OCH3 is 1. The second kappa shape index (κ2) is 6.10. The third-order valence-corrected chi connectivity index (χ3v) is 4.00. The first kappa shape index (κ1) is 14.6. The average Bonchev–Trinajstić information content (AvgIpc) is 2.48. The van der Waals surface area contributed by atoms with E-state index in [4.69, 9.17) is 10.5 Å². The van der Waals surface area contributed by atoms with Gasteiger partial charge in [-0.15, -0.1) is 0 Å². The third-order valence-electron chi connectivity index (χ3n) is 4.00. The Morgan fingerprint density at radius 3 is 2.25 bits per heavy atom. The maximum Gasteiger partial charge on any atom is 0.118 e. The van der Waals surface area contributed by atoms with Crippen molar-refractivity contribution >= 4 is 0 Å². The van der Waals surface area contributed by atoms with Crippen LogP contribution in [-0.2, 0) is 11.8 Å². The predicted octanol–water partition coefficient (Wildman–Crippen LogP) is 3.46. The summed E-state index contributed by atoms with van der Waals surface area (Å²) in [5.74, 6) is 0.888. The lowest BCUT2D eigenvalue weighted by atomic mass is 9.75. The van der Waals surface area contributed by atoms with E-state index in [2.05, 4.69) is 50.2 Å². The van der Waals surface area contributed by atoms with Gasteiger partial charge in [0.05, 0.1) is 7.11 Å². The Morgan fingerprint density at radius 2 is 1.70 bits per heavy atom. The molecule has 0 spiro atoms. The monoisotopic (exact) mass is 269 g/mol. The lowest BCUT2D eigenvalue weighted by Gasteiger charge is -2.30. The van der Waals surface area contributed by atoms with Gasteiger partial charge in [-0.1, -0.05) is 43.3 Å². The van der Waals surface area contributed by atoms with Crippen molar-refractivity contribution in [2.24, 2.45) is 5.73 Å². The number of nitrogens with two attached hydrogens (primary N) is 1. The van der Waals surface area contributed by atoms with Gasteiger partial charge in [0.2, 0.25) is 0 Å². The molecule has 0 radical (unpaired) electrons. The molecule has 2 N–H and O–H groups in total. The van der Waals surface area contributed by atoms with Gasteiger partial charge in [0.1, 0.15) is 5.75 Å². The van der Waals surface area contributed by atoms with Crippen LogP contribution in [0.4, 0.5) is 0 Å². The van der Waals surface area contributed by atoms with Crippen LogP contribution in [0.2, 0.25) is 0 Å². The van der Waals surface area contributed by atoms with E-state index >= 15 is 0 Å². The van der Waals surface area contributed by atoms with Crippen molar-refractivity contribution in [3.8, 4) is 5.75 Å². The van der Waals surface area contributed by atoms with Gasteiger partial charge in [-0.25, -0.2) is 0 Å². The summed E-state index contributed by atoms with van der Waals surface area (Å²) in [6.07, 6.45) is 0.929. The highest BCUT2D eigenvalue weighted by atomic mass is 16.5. The fraction of sp³-hybridized carbons (Fsp3) is 0.333. The lowest BCUT2D eigenvalue weighted by Crippen LogP contribution is -2.34. The van der Waals surface area contributed by atoms with E-state index in [9.17, 15) is 0 Å². The van der Waals surface area contributed by atoms with Gasteiger partial charge in [0.15, 0.2) is 0 Å². The minimum Gasteiger partial charge on any atom is -0.497 e. The van der Waals surface area contributed by atoms with Crippen LogP contribution >= 0.6 is 0 Å². The molecule has 0 aromatic heterocycles. The largest absolute Gasteiger partial charge is 0.497 e. The van der Waals surface area contributed by atoms with Crippen molar-refractivity contribution in [1.29, 1.82) is 0 Å². The highest BCUT2D eigenvalue weighted by Gasteiger charge is 2.26. The van der Waals surface area contributed by atoms with Gasteiger partial charge < -0.3 is 10.5 Å². The van der Waals surface area contributed by atoms with Gasteiger partial charge in [0, 0.05) is 12.0 Å². The molecule has 0 aliphatic carbocycles. The van der Waals surface area contributed by atoms with Crippen molar-refractivity contribution in [3.05, 3.63) is 65.2 Å². The summed E-state index contributed by atoms with van der Waals surface area (Å²) in [5.41, 5.74) is 9.96. The number of hydrogen-bond donors (Lipinski definition) is 1. The summed E-state index contributed by atoms with van der Waals surface area (Å²) in [6, 6.07) is 16.7. The lowest BCUT2D eigenvalue weighted by molar-refractivity contribution is 0.414. The van der Waals surface area contributed by atoms with E-state index in [0.29, 0.717) is 6.54 Å². The van der Waals surface area contributed by atoms with Gasteiger partial charge in [0.25, 0.3) is 0 Å². The Morgan fingerprint density at radius 1 is 1.05 bits per heavy atom. The smallest absolute Gasteiger partial charge is 0.118 e. The number of hydrogen-bond acceptors (Lipinski definition) is 2. The van der Waals surface area contributed by atoms with Crippen LogP contribution in [0.5, 0.6) is 5.75 Å². The Labute approximate surface area is 121 Å². The van der Waals surface area contributed by atoms with Crippen LogP contribution in [0.3, 0.4) is 0 Å². The topological polar surface area (TPSA) is 35.2 Å². The zero-order valence-electron chi connectivity index (χ0n) is 12.5. The molecule has 0 aliphatic rings. The Hall–Kier alpha value is -1.80. The number of rotatable bonds is 5. The van der Waals surface area contributed by atoms with Crippen LogP contribution in [-0.4, -0.2) is 13.7 Å². The molecule has 2 rings (SSSR count). The van der Waals surface area contributed by atoms with E-state index in [1.165, 1.54) is 16.7 Å². The first-order valence-electron chi connectivity index (χ1n) is 6.98. The van der Waals surface area contributed by atoms with Crippen molar-refractivity contribution < 1.29 is 4.74 Å². The average molecular weight is 269 g/mol. The third kappa shape index (κ3) is 3.02. The Bertz CT molecular complexity index is 562. The predicted molar refractivity (Wildman–Crippen MR) is 84.3 cm³/mol. The highest BCUT2D eigenvalue weighted by molar-refractivity contribution is 5.36. The minimum atomic E-state index is -0.0417. The normalized spacial score (nSPS) is 13.8. The summed E-state index contributed by atoms with van der Waals surface area (Å²) < 4.78 is 5.20. The Kier molecular flexibility index (Phi) is 4.46. The summed E-state index contributed by atoms with van der Waals surface area (Å²) in [6.45, 7) is 5.01. The highest BCUT2D eigenvalue weighted by Crippen LogP contribution is 2.30. The van der Waals surface area contributed by atoms with E-state index in [1.54, 1.807) is 7.11 Å². The fourth-order valence-corrected chi connectivity index (χ4v) is 2.72. The van der Waals surface area contributed by atoms with Crippen molar-refractivity contribution in [3.63, 3.8) is 0 Å². The molecule has 1 unspecified atom stereocenters. The fourth-order valence-electron chi connectivity index (χ4n) is 2.72. The summed E-state index contributed by atoms with van der Waals surface area (Å²) in [5, 5.41) is 0. The van der Waals surface area contributed by atoms with E-state index in [1.807, 2.05) is 12.1 Å². The molecular formula is C18H23NO. The molecule has 2 aromatic carbocycles. The summed E-state index contributed by atoms with van der Waals surface area (Å²) in [4.78, 5) is 0. The van der Waals surface area contributed by atoms with Crippen molar-refractivity contribution in [1.82, 2.24) is 0 Å². The standard InChI is InChI=1S/C18H23NO/c1-14-6-4-5-7-17(14)18(2,13-19)12-15-8-10-16(20-3)11-9-15/h4-11H,12-13,19H2,1-3H3. The van der Waals surface area contributed by atoms with Crippen molar-refractivity contribution in [2.45, 2.75) is 25.7 Å². The number of aryl methyl sites for hydroxylation is 1. The quantitative estimate of drug-likeness (QED) is 0.902. The maximum atomic E-state index is 6.09. The van der Waals surface area contributed by atoms with Gasteiger partial charge in [-0.2, -0.15) is 0 Å². The minimum absolute atomic E-state index is 0.0417. The molecule has 0 amide bonds. The number of ether oxygens (including phenoxy) is 1. The van der Waals surface area contributed by atoms with Crippen LogP contribution in [0, 0.1) is 6.92 Å². The first-order chi connectivity index (χ1) is 9.59. The van der Waals surface area contributed by atoms with E-state index < -0.39 is 0 Å². The molecule has 0 bridgehead atoms. The molecule has 2 heteroatoms. The molecule has 2 nitrogen and oxygen atoms in total. The first-order valence-corrected chi connectivity index (χ1v) is 6.98. The molecule has 0 fully saturated rings. The zero-order valence-corrected chi connectivity index (χ0v) is 12.5. The van der Waals surface area contributed by atoms with Crippen molar-refractivity contribution in [2.75, 3.05) is 13.7 Å². The van der Waals surface area contributed by atoms with Gasteiger partial charge >= 0.3 is 0 Å². The van der Waals surface area contributed by atoms with Gasteiger partial charge in [-0.05, 0) is 42.2 Å². The second-order valence-corrected chi connectivity index (χ2v) is 5.60. The summed E-state index contributed by atoms with van der Waals surface area (Å²) in [7, 11) is 1.69. The zero-order chi connectivity index (χ0) is 14.6. The molecule has 0 saturated carbocycles. The molecule has 1 atom stereocenters. The summed E-state index contributed by atoms with van der Waals surface area (Å²) >= 11 is 0. The molecule has 2 aromatic rings. The maximum absolute atomic E-state index is 6.09.